The van der Waals surface area contributed by atoms with Crippen molar-refractivity contribution in [2.45, 2.75) is 59.5 Å². The van der Waals surface area contributed by atoms with Crippen LogP contribution in [0, 0.1) is 0 Å². The zero-order chi connectivity index (χ0) is 11.0. The summed E-state index contributed by atoms with van der Waals surface area (Å²) < 4.78 is 5.24. The molecule has 0 rings (SSSR count). The van der Waals surface area contributed by atoms with Gasteiger partial charge >= 0.3 is 5.97 Å². The number of carbonyl (C=O) groups is 1. The molecule has 0 aliphatic rings. The largest absolute Gasteiger partial charge is 0.459 e. The second-order valence-electron chi connectivity index (χ2n) is 3.68. The number of unbranched alkanes of at least 4 members (excludes halogenated alkanes) is 2. The maximum Gasteiger partial charge on any atom is 0.333 e. The molecule has 0 saturated carbocycles. The van der Waals surface area contributed by atoms with Gasteiger partial charge in [0.25, 0.3) is 0 Å². The Morgan fingerprint density at radius 1 is 1.43 bits per heavy atom. The number of carbonyl (C=O) groups excluding carboxylic acids is 1. The minimum atomic E-state index is -0.184. The van der Waals surface area contributed by atoms with Gasteiger partial charge in [0.05, 0.1) is 6.10 Å². The Hall–Kier alpha value is -0.790. The van der Waals surface area contributed by atoms with Gasteiger partial charge in [-0.05, 0) is 33.6 Å². The lowest BCUT2D eigenvalue weighted by atomic mass is 10.1. The van der Waals surface area contributed by atoms with Crippen LogP contribution in [0.15, 0.2) is 11.6 Å². The van der Waals surface area contributed by atoms with E-state index in [1.807, 2.05) is 13.8 Å². The molecule has 1 atom stereocenters. The summed E-state index contributed by atoms with van der Waals surface area (Å²) in [7, 11) is 0. The highest BCUT2D eigenvalue weighted by Crippen LogP contribution is 2.08. The topological polar surface area (TPSA) is 26.3 Å². The zero-order valence-electron chi connectivity index (χ0n) is 9.80. The molecule has 0 fully saturated rings. The molecule has 1 unspecified atom stereocenters. The Kier molecular flexibility index (Phi) is 7.17. The van der Waals surface area contributed by atoms with Crippen molar-refractivity contribution >= 4 is 5.97 Å². The number of hydrogen-bond donors (Lipinski definition) is 0. The monoisotopic (exact) mass is 198 g/mol. The first kappa shape index (κ1) is 13.2. The SMILES string of the molecule is CC=C(C)C(=O)OC(C)CCCCC. The summed E-state index contributed by atoms with van der Waals surface area (Å²) in [4.78, 5) is 11.3. The van der Waals surface area contributed by atoms with E-state index in [4.69, 9.17) is 4.74 Å². The van der Waals surface area contributed by atoms with E-state index in [0.29, 0.717) is 5.57 Å². The fraction of sp³-hybridized carbons (Fsp3) is 0.750. The lowest BCUT2D eigenvalue weighted by Crippen LogP contribution is -2.15. The molecule has 0 aromatic rings. The van der Waals surface area contributed by atoms with Crippen LogP contribution < -0.4 is 0 Å². The second kappa shape index (κ2) is 7.60. The highest BCUT2D eigenvalue weighted by atomic mass is 16.5. The maximum atomic E-state index is 11.3. The first-order chi connectivity index (χ1) is 6.61. The van der Waals surface area contributed by atoms with Crippen LogP contribution in [0.3, 0.4) is 0 Å². The van der Waals surface area contributed by atoms with Crippen LogP contribution in [-0.4, -0.2) is 12.1 Å². The van der Waals surface area contributed by atoms with Crippen LogP contribution in [0.1, 0.15) is 53.4 Å². The molecule has 0 aromatic heterocycles. The van der Waals surface area contributed by atoms with Crippen molar-refractivity contribution in [2.24, 2.45) is 0 Å². The van der Waals surface area contributed by atoms with E-state index in [9.17, 15) is 4.79 Å². The molecule has 2 heteroatoms. The highest BCUT2D eigenvalue weighted by Gasteiger charge is 2.09. The maximum absolute atomic E-state index is 11.3. The quantitative estimate of drug-likeness (QED) is 0.371. The van der Waals surface area contributed by atoms with Crippen molar-refractivity contribution in [3.05, 3.63) is 11.6 Å². The molecule has 82 valence electrons. The first-order valence-corrected chi connectivity index (χ1v) is 5.45. The summed E-state index contributed by atoms with van der Waals surface area (Å²) >= 11 is 0. The number of allylic oxidation sites excluding steroid dienone is 1. The predicted octanol–water partition coefficient (Wildman–Crippen LogP) is 3.46. The van der Waals surface area contributed by atoms with E-state index in [1.165, 1.54) is 12.8 Å². The van der Waals surface area contributed by atoms with Crippen LogP contribution >= 0.6 is 0 Å². The first-order valence-electron chi connectivity index (χ1n) is 5.45. The van der Waals surface area contributed by atoms with Crippen molar-refractivity contribution in [2.75, 3.05) is 0 Å². The third kappa shape index (κ3) is 5.79. The predicted molar refractivity (Wildman–Crippen MR) is 59.1 cm³/mol. The summed E-state index contributed by atoms with van der Waals surface area (Å²) in [6.45, 7) is 7.75. The molecule has 0 saturated heterocycles. The summed E-state index contributed by atoms with van der Waals surface area (Å²) in [5.74, 6) is -0.184. The van der Waals surface area contributed by atoms with E-state index in [0.717, 1.165) is 12.8 Å². The van der Waals surface area contributed by atoms with Crippen LogP contribution in [0.5, 0.6) is 0 Å². The fourth-order valence-electron chi connectivity index (χ4n) is 1.13. The van der Waals surface area contributed by atoms with Gasteiger partial charge < -0.3 is 4.74 Å². The molecule has 0 aromatic carbocycles. The molecule has 0 bridgehead atoms. The van der Waals surface area contributed by atoms with Gasteiger partial charge in [-0.25, -0.2) is 4.79 Å². The van der Waals surface area contributed by atoms with Gasteiger partial charge in [0.1, 0.15) is 0 Å². The van der Waals surface area contributed by atoms with Gasteiger partial charge in [-0.3, -0.25) is 0 Å². The zero-order valence-corrected chi connectivity index (χ0v) is 9.80. The van der Waals surface area contributed by atoms with Crippen molar-refractivity contribution in [1.29, 1.82) is 0 Å². The number of ether oxygens (including phenoxy) is 1. The van der Waals surface area contributed by atoms with Gasteiger partial charge in [-0.1, -0.05) is 25.8 Å². The molecule has 0 aliphatic carbocycles. The van der Waals surface area contributed by atoms with Gasteiger partial charge in [-0.2, -0.15) is 0 Å². The van der Waals surface area contributed by atoms with Crippen molar-refractivity contribution in [1.82, 2.24) is 0 Å². The van der Waals surface area contributed by atoms with Crippen LogP contribution in [0.4, 0.5) is 0 Å². The third-order valence-corrected chi connectivity index (χ3v) is 2.28. The molecule has 0 heterocycles. The lowest BCUT2D eigenvalue weighted by molar-refractivity contribution is -0.143. The molecule has 0 spiro atoms. The summed E-state index contributed by atoms with van der Waals surface area (Å²) in [6.07, 6.45) is 6.35. The molecule has 0 radical (unpaired) electrons. The number of esters is 1. The van der Waals surface area contributed by atoms with Gasteiger partial charge in [-0.15, -0.1) is 0 Å². The Bertz CT molecular complexity index is 194. The standard InChI is InChI=1S/C12H22O2/c1-5-7-8-9-11(4)14-12(13)10(3)6-2/h6,11H,5,7-9H2,1-4H3. The minimum absolute atomic E-state index is 0.0453. The molecular weight excluding hydrogens is 176 g/mol. The normalized spacial score (nSPS) is 13.9. The Labute approximate surface area is 87.3 Å². The number of hydrogen-bond acceptors (Lipinski definition) is 2. The average Bonchev–Trinajstić information content (AvgIpc) is 2.16. The van der Waals surface area contributed by atoms with Crippen LogP contribution in [-0.2, 0) is 9.53 Å². The van der Waals surface area contributed by atoms with E-state index in [1.54, 1.807) is 13.0 Å². The Morgan fingerprint density at radius 3 is 2.57 bits per heavy atom. The van der Waals surface area contributed by atoms with Gasteiger partial charge in [0, 0.05) is 5.57 Å². The van der Waals surface area contributed by atoms with Crippen molar-refractivity contribution < 1.29 is 9.53 Å². The average molecular weight is 198 g/mol. The van der Waals surface area contributed by atoms with Crippen molar-refractivity contribution in [3.63, 3.8) is 0 Å². The molecular formula is C12H22O2. The van der Waals surface area contributed by atoms with Crippen LogP contribution in [0.2, 0.25) is 0 Å². The summed E-state index contributed by atoms with van der Waals surface area (Å²) in [5, 5.41) is 0. The van der Waals surface area contributed by atoms with Crippen LogP contribution in [0.25, 0.3) is 0 Å². The van der Waals surface area contributed by atoms with E-state index < -0.39 is 0 Å². The second-order valence-corrected chi connectivity index (χ2v) is 3.68. The minimum Gasteiger partial charge on any atom is -0.459 e. The molecule has 14 heavy (non-hydrogen) atoms. The Balaban J connectivity index is 3.71. The third-order valence-electron chi connectivity index (χ3n) is 2.28. The Morgan fingerprint density at radius 2 is 2.07 bits per heavy atom. The fourth-order valence-corrected chi connectivity index (χ4v) is 1.13. The van der Waals surface area contributed by atoms with Gasteiger partial charge in [0.2, 0.25) is 0 Å². The summed E-state index contributed by atoms with van der Waals surface area (Å²) in [6, 6.07) is 0. The molecule has 0 N–H and O–H groups in total. The van der Waals surface area contributed by atoms with E-state index >= 15 is 0 Å². The summed E-state index contributed by atoms with van der Waals surface area (Å²) in [5.41, 5.74) is 0.687. The molecule has 0 aliphatic heterocycles. The van der Waals surface area contributed by atoms with Gasteiger partial charge in [0.15, 0.2) is 0 Å². The lowest BCUT2D eigenvalue weighted by Gasteiger charge is -2.12. The van der Waals surface area contributed by atoms with Crippen molar-refractivity contribution in [3.8, 4) is 0 Å². The highest BCUT2D eigenvalue weighted by molar-refractivity contribution is 5.87. The molecule has 2 nitrogen and oxygen atoms in total. The molecule has 0 amide bonds. The van der Waals surface area contributed by atoms with E-state index in [2.05, 4.69) is 6.92 Å². The van der Waals surface area contributed by atoms with E-state index in [-0.39, 0.29) is 12.1 Å². The number of rotatable bonds is 6. The smallest absolute Gasteiger partial charge is 0.333 e.